The van der Waals surface area contributed by atoms with Crippen molar-refractivity contribution < 1.29 is 8.78 Å². The minimum absolute atomic E-state index is 0.262. The van der Waals surface area contributed by atoms with Crippen molar-refractivity contribution in [2.45, 2.75) is 25.8 Å². The Kier molecular flexibility index (Phi) is 4.34. The van der Waals surface area contributed by atoms with Gasteiger partial charge in [-0.25, -0.2) is 23.0 Å². The van der Waals surface area contributed by atoms with Gasteiger partial charge >= 0.3 is 0 Å². The molecule has 1 saturated heterocycles. The van der Waals surface area contributed by atoms with Crippen molar-refractivity contribution in [1.29, 1.82) is 0 Å². The number of rotatable bonds is 4. The lowest BCUT2D eigenvalue weighted by Gasteiger charge is -2.26. The molecule has 1 aliphatic rings. The van der Waals surface area contributed by atoms with Crippen molar-refractivity contribution in [1.82, 2.24) is 24.4 Å². The minimum atomic E-state index is -0.438. The fraction of sp³-hybridized carbons (Fsp3) is 0.227. The topological polar surface area (TPSA) is 51.3 Å². The highest BCUT2D eigenvalue weighted by Crippen LogP contribution is 2.37. The molecule has 6 nitrogen and oxygen atoms in total. The van der Waals surface area contributed by atoms with Crippen molar-refractivity contribution in [2.75, 3.05) is 11.4 Å². The summed E-state index contributed by atoms with van der Waals surface area (Å²) < 4.78 is 31.6. The van der Waals surface area contributed by atoms with Crippen LogP contribution in [0.2, 0.25) is 0 Å². The highest BCUT2D eigenvalue weighted by molar-refractivity contribution is 5.64. The zero-order valence-corrected chi connectivity index (χ0v) is 16.5. The maximum absolute atomic E-state index is 14.4. The number of hydrogen-bond donors (Lipinski definition) is 0. The van der Waals surface area contributed by atoms with Gasteiger partial charge in [0.2, 0.25) is 0 Å². The molecule has 0 N–H and O–H groups in total. The van der Waals surface area contributed by atoms with Gasteiger partial charge in [0.05, 0.1) is 18.4 Å². The number of halogens is 2. The van der Waals surface area contributed by atoms with Gasteiger partial charge in [-0.15, -0.1) is 0 Å². The summed E-state index contributed by atoms with van der Waals surface area (Å²) in [4.78, 5) is 6.83. The molecule has 0 aliphatic carbocycles. The van der Waals surface area contributed by atoms with Crippen LogP contribution >= 0.6 is 0 Å². The first kappa shape index (κ1) is 18.5. The molecule has 1 aliphatic heterocycles. The van der Waals surface area contributed by atoms with Gasteiger partial charge in [-0.2, -0.15) is 10.2 Å². The molecule has 8 heteroatoms. The Hall–Kier alpha value is -3.55. The number of fused-ring (bicyclic) bond motifs is 1. The van der Waals surface area contributed by atoms with Gasteiger partial charge in [-0.3, -0.25) is 0 Å². The molecular formula is C22H20F2N6. The summed E-state index contributed by atoms with van der Waals surface area (Å²) in [6, 6.07) is 5.20. The lowest BCUT2D eigenvalue weighted by molar-refractivity contribution is 0.560. The van der Waals surface area contributed by atoms with Gasteiger partial charge in [0.25, 0.3) is 0 Å². The second kappa shape index (κ2) is 7.05. The van der Waals surface area contributed by atoms with E-state index >= 15 is 0 Å². The molecule has 152 valence electrons. The number of allylic oxidation sites excluding steroid dienone is 1. The summed E-state index contributed by atoms with van der Waals surface area (Å²) >= 11 is 0. The maximum atomic E-state index is 14.4. The summed E-state index contributed by atoms with van der Waals surface area (Å²) in [6.45, 7) is 6.59. The first-order valence-corrected chi connectivity index (χ1v) is 9.78. The molecule has 1 aromatic carbocycles. The quantitative estimate of drug-likeness (QED) is 0.498. The molecule has 0 saturated carbocycles. The normalized spacial score (nSPS) is 16.5. The first-order chi connectivity index (χ1) is 14.5. The van der Waals surface area contributed by atoms with Crippen molar-refractivity contribution in [2.24, 2.45) is 0 Å². The molecule has 0 amide bonds. The fourth-order valence-corrected chi connectivity index (χ4v) is 3.98. The lowest BCUT2D eigenvalue weighted by atomic mass is 10.0. The summed E-state index contributed by atoms with van der Waals surface area (Å²) in [5, 5.41) is 8.76. The minimum Gasteiger partial charge on any atom is -0.349 e. The van der Waals surface area contributed by atoms with Crippen LogP contribution < -0.4 is 4.90 Å². The number of hydrogen-bond acceptors (Lipinski definition) is 4. The molecule has 4 aromatic rings. The molecule has 0 spiro atoms. The van der Waals surface area contributed by atoms with Gasteiger partial charge in [-0.1, -0.05) is 6.58 Å². The van der Waals surface area contributed by atoms with Crippen molar-refractivity contribution in [3.05, 3.63) is 78.4 Å². The summed E-state index contributed by atoms with van der Waals surface area (Å²) in [5.74, 6) is -0.141. The predicted octanol–water partition coefficient (Wildman–Crippen LogP) is 4.57. The first-order valence-electron chi connectivity index (χ1n) is 9.78. The van der Waals surface area contributed by atoms with Gasteiger partial charge in [-0.05, 0) is 49.6 Å². The fourth-order valence-electron chi connectivity index (χ4n) is 3.98. The van der Waals surface area contributed by atoms with E-state index in [1.165, 1.54) is 12.1 Å². The summed E-state index contributed by atoms with van der Waals surface area (Å²) in [5.41, 5.74) is 3.59. The molecule has 30 heavy (non-hydrogen) atoms. The van der Waals surface area contributed by atoms with Crippen molar-refractivity contribution in [3.8, 4) is 5.69 Å². The van der Waals surface area contributed by atoms with Crippen LogP contribution in [0.1, 0.15) is 36.9 Å². The number of nitrogens with zero attached hydrogens (tertiary/aromatic N) is 6. The molecule has 3 aromatic heterocycles. The Balaban J connectivity index is 1.56. The van der Waals surface area contributed by atoms with E-state index in [2.05, 4.69) is 16.8 Å². The molecule has 0 radical (unpaired) electrons. The summed E-state index contributed by atoms with van der Waals surface area (Å²) in [7, 11) is 0. The summed E-state index contributed by atoms with van der Waals surface area (Å²) in [6.07, 6.45) is 8.77. The van der Waals surface area contributed by atoms with E-state index < -0.39 is 11.6 Å². The van der Waals surface area contributed by atoms with Crippen LogP contribution in [0.5, 0.6) is 0 Å². The third kappa shape index (κ3) is 3.04. The highest BCUT2D eigenvalue weighted by atomic mass is 19.1. The van der Waals surface area contributed by atoms with Gasteiger partial charge in [0.1, 0.15) is 23.1 Å². The van der Waals surface area contributed by atoms with Crippen LogP contribution in [0, 0.1) is 11.6 Å². The second-order valence-electron chi connectivity index (χ2n) is 7.55. The van der Waals surface area contributed by atoms with Crippen molar-refractivity contribution >= 4 is 17.0 Å². The molecule has 5 rings (SSSR count). The third-order valence-corrected chi connectivity index (χ3v) is 5.52. The van der Waals surface area contributed by atoms with Crippen LogP contribution in [-0.2, 0) is 0 Å². The zero-order valence-electron chi connectivity index (χ0n) is 16.5. The Bertz CT molecular complexity index is 1260. The van der Waals surface area contributed by atoms with Crippen LogP contribution in [0.4, 0.5) is 14.6 Å². The number of aromatic nitrogens is 5. The van der Waals surface area contributed by atoms with E-state index in [0.717, 1.165) is 42.3 Å². The van der Waals surface area contributed by atoms with Crippen LogP contribution in [-0.4, -0.2) is 30.9 Å². The Morgan fingerprint density at radius 1 is 1.17 bits per heavy atom. The monoisotopic (exact) mass is 406 g/mol. The van der Waals surface area contributed by atoms with Crippen molar-refractivity contribution in [3.63, 3.8) is 0 Å². The molecule has 1 atom stereocenters. The standard InChI is InChI=1S/C22H20F2N6/c1-14(2)15-11-25-30(13-15)20-12-26-29-9-7-21(27-22(20)29)28-8-3-4-19(28)17-10-16(23)5-6-18(17)24/h5-7,9-13,19H,1,3-4,8H2,2H3/t19-/m0/s1. The largest absolute Gasteiger partial charge is 0.349 e. The molecule has 0 unspecified atom stereocenters. The van der Waals surface area contributed by atoms with E-state index in [0.29, 0.717) is 17.0 Å². The van der Waals surface area contributed by atoms with E-state index in [4.69, 9.17) is 4.98 Å². The van der Waals surface area contributed by atoms with Gasteiger partial charge < -0.3 is 4.90 Å². The predicted molar refractivity (Wildman–Crippen MR) is 110 cm³/mol. The van der Waals surface area contributed by atoms with E-state index in [1.807, 2.05) is 30.3 Å². The molecule has 1 fully saturated rings. The van der Waals surface area contributed by atoms with Crippen LogP contribution in [0.3, 0.4) is 0 Å². The lowest BCUT2D eigenvalue weighted by Crippen LogP contribution is -2.24. The van der Waals surface area contributed by atoms with Crippen LogP contribution in [0.25, 0.3) is 16.9 Å². The Labute approximate surface area is 172 Å². The zero-order chi connectivity index (χ0) is 20.8. The molecular weight excluding hydrogens is 386 g/mol. The maximum Gasteiger partial charge on any atom is 0.183 e. The SMILES string of the molecule is C=C(C)c1cnn(-c2cnn3ccc(N4CCC[C@H]4c4cc(F)ccc4F)nc23)c1. The Morgan fingerprint density at radius 3 is 2.83 bits per heavy atom. The second-order valence-corrected chi connectivity index (χ2v) is 7.55. The number of anilines is 1. The highest BCUT2D eigenvalue weighted by Gasteiger charge is 2.30. The number of benzene rings is 1. The average Bonchev–Trinajstić information content (AvgIpc) is 3.47. The Morgan fingerprint density at radius 2 is 2.03 bits per heavy atom. The van der Waals surface area contributed by atoms with Gasteiger partial charge in [0.15, 0.2) is 5.65 Å². The van der Waals surface area contributed by atoms with E-state index in [1.54, 1.807) is 21.6 Å². The van der Waals surface area contributed by atoms with Gasteiger partial charge in [0, 0.05) is 30.1 Å². The average molecular weight is 406 g/mol. The van der Waals surface area contributed by atoms with E-state index in [-0.39, 0.29) is 6.04 Å². The van der Waals surface area contributed by atoms with Crippen LogP contribution in [0.15, 0.2) is 55.6 Å². The smallest absolute Gasteiger partial charge is 0.183 e. The third-order valence-electron chi connectivity index (χ3n) is 5.52. The molecule has 4 heterocycles. The molecule has 0 bridgehead atoms. The van der Waals surface area contributed by atoms with E-state index in [9.17, 15) is 8.78 Å².